The summed E-state index contributed by atoms with van der Waals surface area (Å²) in [6.07, 6.45) is 2.46. The highest BCUT2D eigenvalue weighted by Gasteiger charge is 2.21. The summed E-state index contributed by atoms with van der Waals surface area (Å²) in [6, 6.07) is 11.0. The molecule has 1 aromatic carbocycles. The first-order valence-corrected chi connectivity index (χ1v) is 4.92. The van der Waals surface area contributed by atoms with Gasteiger partial charge in [0.2, 0.25) is 0 Å². The van der Waals surface area contributed by atoms with Gasteiger partial charge in [-0.15, -0.1) is 0 Å². The molecule has 2 heteroatoms. The summed E-state index contributed by atoms with van der Waals surface area (Å²) in [6.45, 7) is 1.12. The number of hydrogen-bond acceptors (Lipinski definition) is 2. The summed E-state index contributed by atoms with van der Waals surface area (Å²) in [5, 5.41) is 3.43. The van der Waals surface area contributed by atoms with Gasteiger partial charge in [0.05, 0.1) is 0 Å². The van der Waals surface area contributed by atoms with Gasteiger partial charge in [-0.25, -0.2) is 0 Å². The van der Waals surface area contributed by atoms with E-state index < -0.39 is 0 Å². The van der Waals surface area contributed by atoms with E-state index in [1.54, 1.807) is 0 Å². The van der Waals surface area contributed by atoms with E-state index in [0.29, 0.717) is 6.04 Å². The zero-order valence-electron chi connectivity index (χ0n) is 7.74. The van der Waals surface area contributed by atoms with Gasteiger partial charge < -0.3 is 11.1 Å². The third-order valence-corrected chi connectivity index (χ3v) is 2.72. The van der Waals surface area contributed by atoms with E-state index in [1.165, 1.54) is 18.4 Å². The Bertz CT molecular complexity index is 252. The van der Waals surface area contributed by atoms with Gasteiger partial charge in [0.1, 0.15) is 0 Å². The molecule has 2 rings (SSSR count). The maximum atomic E-state index is 6.14. The highest BCUT2D eigenvalue weighted by Crippen LogP contribution is 2.19. The topological polar surface area (TPSA) is 38.0 Å². The van der Waals surface area contributed by atoms with Crippen molar-refractivity contribution in [2.24, 2.45) is 5.73 Å². The van der Waals surface area contributed by atoms with E-state index >= 15 is 0 Å². The van der Waals surface area contributed by atoms with Crippen LogP contribution in [0, 0.1) is 0 Å². The number of nitrogens with two attached hydrogens (primary N) is 1. The SMILES string of the molecule is NC(c1ccccc1)C1CCCN1. The predicted molar refractivity (Wildman–Crippen MR) is 54.4 cm³/mol. The summed E-state index contributed by atoms with van der Waals surface area (Å²) in [4.78, 5) is 0. The molecule has 3 N–H and O–H groups in total. The van der Waals surface area contributed by atoms with Crippen LogP contribution in [0.1, 0.15) is 24.4 Å². The summed E-state index contributed by atoms with van der Waals surface area (Å²) < 4.78 is 0. The molecule has 0 aromatic heterocycles. The van der Waals surface area contributed by atoms with Crippen molar-refractivity contribution in [2.75, 3.05) is 6.54 Å². The first-order chi connectivity index (χ1) is 6.38. The van der Waals surface area contributed by atoms with Crippen LogP contribution in [0.4, 0.5) is 0 Å². The number of benzene rings is 1. The monoisotopic (exact) mass is 176 g/mol. The minimum absolute atomic E-state index is 0.156. The minimum Gasteiger partial charge on any atom is -0.323 e. The van der Waals surface area contributed by atoms with Crippen molar-refractivity contribution >= 4 is 0 Å². The standard InChI is InChI=1S/C11H16N2/c12-11(10-7-4-8-13-10)9-5-2-1-3-6-9/h1-3,5-6,10-11,13H,4,7-8,12H2. The van der Waals surface area contributed by atoms with Crippen LogP contribution < -0.4 is 11.1 Å². The van der Waals surface area contributed by atoms with Gasteiger partial charge in [0.15, 0.2) is 0 Å². The smallest absolute Gasteiger partial charge is 0.0450 e. The van der Waals surface area contributed by atoms with E-state index in [-0.39, 0.29) is 6.04 Å². The normalized spacial score (nSPS) is 24.5. The maximum absolute atomic E-state index is 6.14. The lowest BCUT2D eigenvalue weighted by Gasteiger charge is -2.19. The lowest BCUT2D eigenvalue weighted by molar-refractivity contribution is 0.501. The second-order valence-corrected chi connectivity index (χ2v) is 3.64. The van der Waals surface area contributed by atoms with Crippen molar-refractivity contribution in [3.05, 3.63) is 35.9 Å². The fourth-order valence-electron chi connectivity index (χ4n) is 1.93. The number of hydrogen-bond donors (Lipinski definition) is 2. The Kier molecular flexibility index (Phi) is 2.62. The highest BCUT2D eigenvalue weighted by molar-refractivity contribution is 5.20. The molecular formula is C11H16N2. The van der Waals surface area contributed by atoms with E-state index in [1.807, 2.05) is 18.2 Å². The van der Waals surface area contributed by atoms with Crippen LogP contribution in [-0.2, 0) is 0 Å². The van der Waals surface area contributed by atoms with E-state index in [4.69, 9.17) is 5.73 Å². The van der Waals surface area contributed by atoms with Gasteiger partial charge in [0.25, 0.3) is 0 Å². The Hall–Kier alpha value is -0.860. The van der Waals surface area contributed by atoms with Crippen molar-refractivity contribution in [1.82, 2.24) is 5.32 Å². The fraction of sp³-hybridized carbons (Fsp3) is 0.455. The molecule has 0 bridgehead atoms. The Labute approximate surface area is 79.1 Å². The molecule has 1 aliphatic rings. The van der Waals surface area contributed by atoms with Gasteiger partial charge in [-0.05, 0) is 24.9 Å². The van der Waals surface area contributed by atoms with Crippen LogP contribution >= 0.6 is 0 Å². The van der Waals surface area contributed by atoms with Gasteiger partial charge in [-0.1, -0.05) is 30.3 Å². The summed E-state index contributed by atoms with van der Waals surface area (Å²) >= 11 is 0. The summed E-state index contributed by atoms with van der Waals surface area (Å²) in [5.41, 5.74) is 7.38. The van der Waals surface area contributed by atoms with Crippen LogP contribution in [0.3, 0.4) is 0 Å². The molecule has 13 heavy (non-hydrogen) atoms. The molecule has 2 nitrogen and oxygen atoms in total. The van der Waals surface area contributed by atoms with Crippen molar-refractivity contribution in [3.8, 4) is 0 Å². The molecule has 1 aliphatic heterocycles. The quantitative estimate of drug-likeness (QED) is 0.715. The lowest BCUT2D eigenvalue weighted by atomic mass is 9.99. The molecule has 0 amide bonds. The molecule has 0 spiro atoms. The first kappa shape index (κ1) is 8.73. The van der Waals surface area contributed by atoms with Crippen LogP contribution in [0.15, 0.2) is 30.3 Å². The fourth-order valence-corrected chi connectivity index (χ4v) is 1.93. The maximum Gasteiger partial charge on any atom is 0.0450 e. The third-order valence-electron chi connectivity index (χ3n) is 2.72. The zero-order valence-corrected chi connectivity index (χ0v) is 7.74. The predicted octanol–water partition coefficient (Wildman–Crippen LogP) is 1.44. The Balaban J connectivity index is 2.08. The van der Waals surface area contributed by atoms with Crippen LogP contribution in [-0.4, -0.2) is 12.6 Å². The van der Waals surface area contributed by atoms with E-state index in [2.05, 4.69) is 17.4 Å². The van der Waals surface area contributed by atoms with Crippen LogP contribution in [0.2, 0.25) is 0 Å². The number of rotatable bonds is 2. The van der Waals surface area contributed by atoms with Crippen molar-refractivity contribution in [3.63, 3.8) is 0 Å². The molecule has 0 aliphatic carbocycles. The molecule has 1 heterocycles. The molecule has 0 saturated carbocycles. The summed E-state index contributed by atoms with van der Waals surface area (Å²) in [5.74, 6) is 0. The van der Waals surface area contributed by atoms with Crippen molar-refractivity contribution < 1.29 is 0 Å². The molecular weight excluding hydrogens is 160 g/mol. The molecule has 0 radical (unpaired) electrons. The Morgan fingerprint density at radius 2 is 2.08 bits per heavy atom. The first-order valence-electron chi connectivity index (χ1n) is 4.92. The minimum atomic E-state index is 0.156. The average molecular weight is 176 g/mol. The second kappa shape index (κ2) is 3.90. The van der Waals surface area contributed by atoms with Crippen LogP contribution in [0.25, 0.3) is 0 Å². The average Bonchev–Trinajstić information content (AvgIpc) is 2.71. The van der Waals surface area contributed by atoms with Crippen molar-refractivity contribution in [1.29, 1.82) is 0 Å². The van der Waals surface area contributed by atoms with Gasteiger partial charge in [-0.2, -0.15) is 0 Å². The molecule has 2 unspecified atom stereocenters. The summed E-state index contributed by atoms with van der Waals surface area (Å²) in [7, 11) is 0. The van der Waals surface area contributed by atoms with E-state index in [0.717, 1.165) is 6.54 Å². The zero-order chi connectivity index (χ0) is 9.10. The van der Waals surface area contributed by atoms with Crippen LogP contribution in [0.5, 0.6) is 0 Å². The molecule has 70 valence electrons. The largest absolute Gasteiger partial charge is 0.323 e. The second-order valence-electron chi connectivity index (χ2n) is 3.64. The number of nitrogens with one attached hydrogen (secondary N) is 1. The van der Waals surface area contributed by atoms with Gasteiger partial charge in [0, 0.05) is 12.1 Å². The Morgan fingerprint density at radius 3 is 2.69 bits per heavy atom. The molecule has 2 atom stereocenters. The molecule has 1 fully saturated rings. The van der Waals surface area contributed by atoms with Gasteiger partial charge >= 0.3 is 0 Å². The highest BCUT2D eigenvalue weighted by atomic mass is 15.0. The molecule has 1 aromatic rings. The van der Waals surface area contributed by atoms with Gasteiger partial charge in [-0.3, -0.25) is 0 Å². The third kappa shape index (κ3) is 1.90. The van der Waals surface area contributed by atoms with E-state index in [9.17, 15) is 0 Å². The lowest BCUT2D eigenvalue weighted by Crippen LogP contribution is -2.34. The Morgan fingerprint density at radius 1 is 1.31 bits per heavy atom. The molecule has 1 saturated heterocycles. The van der Waals surface area contributed by atoms with Crippen molar-refractivity contribution in [2.45, 2.75) is 24.9 Å².